The van der Waals surface area contributed by atoms with Crippen molar-refractivity contribution in [2.45, 2.75) is 69.9 Å². The molecule has 0 aliphatic carbocycles. The summed E-state index contributed by atoms with van der Waals surface area (Å²) in [4.78, 5) is 26.3. The number of sulfonamides is 1. The second-order valence-electron chi connectivity index (χ2n) is 11.0. The molecule has 1 saturated heterocycles. The first-order chi connectivity index (χ1) is 17.8. The SMILES string of the molecule is CCOC(=O)C1CCCN(S(=O)(=O)c2ccc(C(=O)Nc3sc4c(c3C#N)CC(C)(C)NC4(C)C)cc2)C1. The molecule has 1 atom stereocenters. The van der Waals surface area contributed by atoms with E-state index in [9.17, 15) is 23.3 Å². The molecule has 4 rings (SSSR count). The van der Waals surface area contributed by atoms with E-state index in [1.54, 1.807) is 6.92 Å². The maximum absolute atomic E-state index is 13.2. The van der Waals surface area contributed by atoms with Crippen molar-refractivity contribution >= 4 is 38.2 Å². The van der Waals surface area contributed by atoms with Gasteiger partial charge < -0.3 is 15.4 Å². The number of anilines is 1. The molecule has 9 nitrogen and oxygen atoms in total. The van der Waals surface area contributed by atoms with Gasteiger partial charge >= 0.3 is 5.97 Å². The van der Waals surface area contributed by atoms with Gasteiger partial charge in [-0.2, -0.15) is 9.57 Å². The van der Waals surface area contributed by atoms with Crippen LogP contribution in [0.3, 0.4) is 0 Å². The number of piperidine rings is 1. The third-order valence-electron chi connectivity index (χ3n) is 6.94. The van der Waals surface area contributed by atoms with Gasteiger partial charge in [0.2, 0.25) is 10.0 Å². The van der Waals surface area contributed by atoms with E-state index in [-0.39, 0.29) is 40.7 Å². The van der Waals surface area contributed by atoms with Gasteiger partial charge in [0.05, 0.1) is 23.0 Å². The molecule has 2 aliphatic rings. The highest BCUT2D eigenvalue weighted by Gasteiger charge is 2.40. The number of fused-ring (bicyclic) bond motifs is 1. The molecule has 11 heteroatoms. The predicted molar refractivity (Wildman–Crippen MR) is 145 cm³/mol. The first-order valence-corrected chi connectivity index (χ1v) is 15.0. The average Bonchev–Trinajstić information content (AvgIpc) is 3.20. The minimum Gasteiger partial charge on any atom is -0.466 e. The van der Waals surface area contributed by atoms with E-state index in [1.807, 2.05) is 0 Å². The molecular formula is C27H34N4O5S2. The number of thiophene rings is 1. The lowest BCUT2D eigenvalue weighted by Gasteiger charge is -2.42. The van der Waals surface area contributed by atoms with Crippen LogP contribution in [0.15, 0.2) is 29.2 Å². The summed E-state index contributed by atoms with van der Waals surface area (Å²) in [5, 5.41) is 16.9. The molecule has 1 amide bonds. The number of hydrogen-bond donors (Lipinski definition) is 2. The smallest absolute Gasteiger partial charge is 0.310 e. The van der Waals surface area contributed by atoms with Gasteiger partial charge in [-0.15, -0.1) is 11.3 Å². The molecule has 0 saturated carbocycles. The number of rotatable bonds is 6. The monoisotopic (exact) mass is 558 g/mol. The van der Waals surface area contributed by atoms with E-state index in [0.29, 0.717) is 36.4 Å². The number of esters is 1. The van der Waals surface area contributed by atoms with Gasteiger partial charge in [-0.05, 0) is 83.7 Å². The standard InChI is InChI=1S/C27H34N4O5S2/c1-6-36-25(33)18-8-7-13-31(16-18)38(34,35)19-11-9-17(10-12-19)23(32)29-24-21(15-28)20-14-26(2,3)30-27(4,5)22(20)37-24/h9-12,18,30H,6-8,13-14,16H2,1-5H3,(H,29,32). The highest BCUT2D eigenvalue weighted by molar-refractivity contribution is 7.89. The molecule has 0 spiro atoms. The molecule has 1 aromatic carbocycles. The van der Waals surface area contributed by atoms with Gasteiger partial charge in [0.15, 0.2) is 0 Å². The Morgan fingerprint density at radius 3 is 2.55 bits per heavy atom. The van der Waals surface area contributed by atoms with Gasteiger partial charge in [-0.3, -0.25) is 9.59 Å². The molecule has 1 fully saturated rings. The summed E-state index contributed by atoms with van der Waals surface area (Å²) in [6, 6.07) is 8.00. The maximum atomic E-state index is 13.2. The summed E-state index contributed by atoms with van der Waals surface area (Å²) in [6.07, 6.45) is 1.82. The van der Waals surface area contributed by atoms with Crippen molar-refractivity contribution in [2.24, 2.45) is 5.92 Å². The van der Waals surface area contributed by atoms with E-state index >= 15 is 0 Å². The molecule has 2 N–H and O–H groups in total. The second kappa shape index (κ2) is 10.4. The highest BCUT2D eigenvalue weighted by Crippen LogP contribution is 2.44. The molecular weight excluding hydrogens is 524 g/mol. The molecule has 38 heavy (non-hydrogen) atoms. The first-order valence-electron chi connectivity index (χ1n) is 12.7. The number of hydrogen-bond acceptors (Lipinski definition) is 8. The third-order valence-corrected chi connectivity index (χ3v) is 10.3. The Bertz CT molecular complexity index is 1390. The van der Waals surface area contributed by atoms with Gasteiger partial charge in [-0.25, -0.2) is 8.42 Å². The predicted octanol–water partition coefficient (Wildman–Crippen LogP) is 4.00. The lowest BCUT2D eigenvalue weighted by atomic mass is 9.81. The van der Waals surface area contributed by atoms with Crippen LogP contribution >= 0.6 is 11.3 Å². The molecule has 1 aromatic heterocycles. The van der Waals surface area contributed by atoms with Crippen LogP contribution in [0.1, 0.15) is 73.8 Å². The van der Waals surface area contributed by atoms with Crippen LogP contribution in [-0.4, -0.2) is 49.8 Å². The minimum atomic E-state index is -3.84. The summed E-state index contributed by atoms with van der Waals surface area (Å²) in [7, 11) is -3.84. The van der Waals surface area contributed by atoms with E-state index < -0.39 is 21.8 Å². The Labute approximate surface area is 228 Å². The number of ether oxygens (including phenoxy) is 1. The lowest BCUT2D eigenvalue weighted by molar-refractivity contribution is -0.149. The molecule has 1 unspecified atom stereocenters. The van der Waals surface area contributed by atoms with Gasteiger partial charge in [0, 0.05) is 34.6 Å². The fourth-order valence-corrected chi connectivity index (χ4v) is 8.20. The Hall–Kier alpha value is -2.78. The zero-order valence-electron chi connectivity index (χ0n) is 22.4. The number of nitrogens with zero attached hydrogens (tertiary/aromatic N) is 2. The van der Waals surface area contributed by atoms with Crippen LogP contribution in [0, 0.1) is 17.2 Å². The third kappa shape index (κ3) is 5.50. The number of nitriles is 1. The van der Waals surface area contributed by atoms with Crippen LogP contribution in [-0.2, 0) is 31.5 Å². The van der Waals surface area contributed by atoms with Crippen LogP contribution in [0.2, 0.25) is 0 Å². The van der Waals surface area contributed by atoms with Gasteiger partial charge in [0.1, 0.15) is 11.1 Å². The number of carbonyl (C=O) groups excluding carboxylic acids is 2. The topological polar surface area (TPSA) is 129 Å². The Balaban J connectivity index is 1.52. The van der Waals surface area contributed by atoms with E-state index in [4.69, 9.17) is 4.74 Å². The van der Waals surface area contributed by atoms with Gasteiger partial charge in [-0.1, -0.05) is 0 Å². The Kier molecular flexibility index (Phi) is 7.74. The van der Waals surface area contributed by atoms with Gasteiger partial charge in [0.25, 0.3) is 5.91 Å². The molecule has 2 aromatic rings. The van der Waals surface area contributed by atoms with Crippen molar-refractivity contribution < 1.29 is 22.7 Å². The van der Waals surface area contributed by atoms with E-state index in [0.717, 1.165) is 10.4 Å². The van der Waals surface area contributed by atoms with E-state index in [2.05, 4.69) is 44.4 Å². The van der Waals surface area contributed by atoms with Crippen molar-refractivity contribution in [1.82, 2.24) is 9.62 Å². The number of carbonyl (C=O) groups is 2. The van der Waals surface area contributed by atoms with Crippen LogP contribution in [0.25, 0.3) is 0 Å². The maximum Gasteiger partial charge on any atom is 0.310 e. The van der Waals surface area contributed by atoms with Crippen molar-refractivity contribution in [3.05, 3.63) is 45.8 Å². The van der Waals surface area contributed by atoms with Crippen molar-refractivity contribution in [1.29, 1.82) is 5.26 Å². The second-order valence-corrected chi connectivity index (χ2v) is 13.9. The number of benzene rings is 1. The zero-order chi connectivity index (χ0) is 27.9. The summed E-state index contributed by atoms with van der Waals surface area (Å²) >= 11 is 1.39. The summed E-state index contributed by atoms with van der Waals surface area (Å²) < 4.78 is 32.8. The van der Waals surface area contributed by atoms with E-state index in [1.165, 1.54) is 39.9 Å². The molecule has 0 radical (unpaired) electrons. The van der Waals surface area contributed by atoms with Crippen molar-refractivity contribution in [2.75, 3.05) is 25.0 Å². The molecule has 3 heterocycles. The summed E-state index contributed by atoms with van der Waals surface area (Å²) in [5.41, 5.74) is 1.15. The quantitative estimate of drug-likeness (QED) is 0.513. The lowest BCUT2D eigenvalue weighted by Crippen LogP contribution is -2.54. The van der Waals surface area contributed by atoms with Crippen molar-refractivity contribution in [3.63, 3.8) is 0 Å². The molecule has 0 bridgehead atoms. The van der Waals surface area contributed by atoms with Crippen LogP contribution in [0.4, 0.5) is 5.00 Å². The first kappa shape index (κ1) is 28.2. The van der Waals surface area contributed by atoms with Crippen molar-refractivity contribution in [3.8, 4) is 6.07 Å². The fourth-order valence-electron chi connectivity index (χ4n) is 5.45. The average molecular weight is 559 g/mol. The number of nitrogens with one attached hydrogen (secondary N) is 2. The molecule has 2 aliphatic heterocycles. The Morgan fingerprint density at radius 2 is 1.92 bits per heavy atom. The van der Waals surface area contributed by atoms with Crippen LogP contribution in [0.5, 0.6) is 0 Å². The minimum absolute atomic E-state index is 0.0536. The zero-order valence-corrected chi connectivity index (χ0v) is 24.0. The largest absolute Gasteiger partial charge is 0.466 e. The highest BCUT2D eigenvalue weighted by atomic mass is 32.2. The summed E-state index contributed by atoms with van der Waals surface area (Å²) in [5.74, 6) is -1.29. The Morgan fingerprint density at radius 1 is 1.24 bits per heavy atom. The number of amides is 1. The summed E-state index contributed by atoms with van der Waals surface area (Å²) in [6.45, 7) is 10.7. The molecule has 204 valence electrons. The fraction of sp³-hybridized carbons (Fsp3) is 0.519. The normalized spacial score (nSPS) is 20.7. The van der Waals surface area contributed by atoms with Crippen LogP contribution < -0.4 is 10.6 Å².